The number of carbonyl (C=O) groups is 3. The number of urea groups is 1. The molecular formula is C21H24N2O7S. The highest BCUT2D eigenvalue weighted by molar-refractivity contribution is 7.87. The summed E-state index contributed by atoms with van der Waals surface area (Å²) in [7, 11) is -4.05. The van der Waals surface area contributed by atoms with E-state index < -0.39 is 34.1 Å². The van der Waals surface area contributed by atoms with Crippen molar-refractivity contribution in [1.82, 2.24) is 10.6 Å². The fraction of sp³-hybridized carbons (Fsp3) is 0.286. The number of rotatable bonds is 7. The molecule has 0 radical (unpaired) electrons. The highest BCUT2D eigenvalue weighted by Crippen LogP contribution is 2.23. The van der Waals surface area contributed by atoms with Crippen molar-refractivity contribution >= 4 is 28.0 Å². The minimum absolute atomic E-state index is 0.0134. The second kappa shape index (κ2) is 10.1. The van der Waals surface area contributed by atoms with Gasteiger partial charge in [0, 0.05) is 6.54 Å². The molecule has 0 saturated carbocycles. The van der Waals surface area contributed by atoms with Crippen LogP contribution >= 0.6 is 0 Å². The van der Waals surface area contributed by atoms with E-state index >= 15 is 0 Å². The van der Waals surface area contributed by atoms with E-state index in [-0.39, 0.29) is 16.2 Å². The lowest BCUT2D eigenvalue weighted by Crippen LogP contribution is -2.44. The van der Waals surface area contributed by atoms with Gasteiger partial charge < -0.3 is 14.2 Å². The number of nitrogens with one attached hydrogen (secondary N) is 2. The van der Waals surface area contributed by atoms with E-state index in [1.165, 1.54) is 37.3 Å². The number of imide groups is 1. The van der Waals surface area contributed by atoms with Gasteiger partial charge in [0.15, 0.2) is 6.10 Å². The largest absolute Gasteiger partial charge is 0.449 e. The standard InChI is InChI=1S/C21H24N2O7S/c1-5-22-21(26)23-19(24)15(4)29-20(25)16-8-10-17(11-9-16)30-31(27,28)18-12-13(2)6-7-14(18)3/h6-12,15H,5H2,1-4H3,(H2,22,23,24,26)/t15-/m1/s1. The molecule has 2 aromatic rings. The number of esters is 1. The minimum atomic E-state index is -4.05. The van der Waals surface area contributed by atoms with Gasteiger partial charge in [-0.05, 0) is 69.2 Å². The van der Waals surface area contributed by atoms with Crippen molar-refractivity contribution in [3.05, 3.63) is 59.2 Å². The molecular weight excluding hydrogens is 424 g/mol. The van der Waals surface area contributed by atoms with Crippen LogP contribution in [0.4, 0.5) is 4.79 Å². The molecule has 2 aromatic carbocycles. The topological polar surface area (TPSA) is 128 Å². The third-order valence-corrected chi connectivity index (χ3v) is 5.53. The van der Waals surface area contributed by atoms with Crippen molar-refractivity contribution in [2.24, 2.45) is 0 Å². The van der Waals surface area contributed by atoms with Gasteiger partial charge in [0.25, 0.3) is 5.91 Å². The lowest BCUT2D eigenvalue weighted by molar-refractivity contribution is -0.127. The maximum atomic E-state index is 12.6. The lowest BCUT2D eigenvalue weighted by atomic mass is 10.2. The number of benzene rings is 2. The Bertz CT molecular complexity index is 1080. The molecule has 2 rings (SSSR count). The summed E-state index contributed by atoms with van der Waals surface area (Å²) in [6.07, 6.45) is -1.21. The summed E-state index contributed by atoms with van der Waals surface area (Å²) >= 11 is 0. The van der Waals surface area contributed by atoms with Crippen molar-refractivity contribution in [3.8, 4) is 5.75 Å². The van der Waals surface area contributed by atoms with Gasteiger partial charge in [0.2, 0.25) is 0 Å². The third-order valence-electron chi connectivity index (χ3n) is 4.14. The van der Waals surface area contributed by atoms with Crippen molar-refractivity contribution < 1.29 is 31.7 Å². The smallest absolute Gasteiger partial charge is 0.339 e. The summed E-state index contributed by atoms with van der Waals surface area (Å²) in [5, 5.41) is 4.43. The van der Waals surface area contributed by atoms with Crippen LogP contribution in [0.5, 0.6) is 5.75 Å². The van der Waals surface area contributed by atoms with Crippen LogP contribution in [0.3, 0.4) is 0 Å². The molecule has 0 aliphatic rings. The molecule has 0 bridgehead atoms. The van der Waals surface area contributed by atoms with Crippen LogP contribution in [0, 0.1) is 13.8 Å². The number of hydrogen-bond acceptors (Lipinski definition) is 7. The number of ether oxygens (including phenoxy) is 1. The lowest BCUT2D eigenvalue weighted by Gasteiger charge is -2.13. The summed E-state index contributed by atoms with van der Waals surface area (Å²) in [5.41, 5.74) is 1.40. The maximum Gasteiger partial charge on any atom is 0.339 e. The molecule has 0 heterocycles. The van der Waals surface area contributed by atoms with Crippen molar-refractivity contribution in [3.63, 3.8) is 0 Å². The van der Waals surface area contributed by atoms with Crippen LogP contribution < -0.4 is 14.8 Å². The van der Waals surface area contributed by atoms with Gasteiger partial charge in [-0.25, -0.2) is 9.59 Å². The Kier molecular flexibility index (Phi) is 7.76. The molecule has 0 unspecified atom stereocenters. The zero-order valence-corrected chi connectivity index (χ0v) is 18.4. The molecule has 1 atom stereocenters. The highest BCUT2D eigenvalue weighted by Gasteiger charge is 2.22. The molecule has 0 aliphatic carbocycles. The molecule has 3 amide bonds. The summed E-state index contributed by atoms with van der Waals surface area (Å²) in [6.45, 7) is 6.78. The van der Waals surface area contributed by atoms with Gasteiger partial charge >= 0.3 is 22.1 Å². The van der Waals surface area contributed by atoms with Crippen LogP contribution in [0.2, 0.25) is 0 Å². The van der Waals surface area contributed by atoms with E-state index in [0.29, 0.717) is 12.1 Å². The first kappa shape index (κ1) is 23.9. The van der Waals surface area contributed by atoms with Gasteiger partial charge in [-0.15, -0.1) is 0 Å². The van der Waals surface area contributed by atoms with Gasteiger partial charge in [-0.2, -0.15) is 8.42 Å². The molecule has 9 nitrogen and oxygen atoms in total. The second-order valence-corrected chi connectivity index (χ2v) is 8.24. The van der Waals surface area contributed by atoms with E-state index in [1.807, 2.05) is 5.32 Å². The molecule has 0 spiro atoms. The molecule has 10 heteroatoms. The second-order valence-electron chi connectivity index (χ2n) is 6.73. The molecule has 0 aliphatic heterocycles. The van der Waals surface area contributed by atoms with Crippen molar-refractivity contribution in [2.45, 2.75) is 38.7 Å². The normalized spacial score (nSPS) is 11.9. The Balaban J connectivity index is 2.04. The Hall–Kier alpha value is -3.40. The van der Waals surface area contributed by atoms with Gasteiger partial charge in [-0.3, -0.25) is 10.1 Å². The quantitative estimate of drug-likeness (QED) is 0.492. The SMILES string of the molecule is CCNC(=O)NC(=O)[C@@H](C)OC(=O)c1ccc(OS(=O)(=O)c2cc(C)ccc2C)cc1. The summed E-state index contributed by atoms with van der Waals surface area (Å²) in [4.78, 5) is 35.5. The average molecular weight is 448 g/mol. The number of aryl methyl sites for hydroxylation is 2. The summed E-state index contributed by atoms with van der Waals surface area (Å²) in [6, 6.07) is 9.54. The van der Waals surface area contributed by atoms with E-state index in [0.717, 1.165) is 5.56 Å². The van der Waals surface area contributed by atoms with Gasteiger partial charge in [0.1, 0.15) is 10.6 Å². The van der Waals surface area contributed by atoms with Crippen LogP contribution in [0.1, 0.15) is 35.3 Å². The Morgan fingerprint density at radius 2 is 1.68 bits per heavy atom. The zero-order valence-electron chi connectivity index (χ0n) is 17.6. The zero-order chi connectivity index (χ0) is 23.2. The first-order chi connectivity index (χ1) is 14.5. The summed E-state index contributed by atoms with van der Waals surface area (Å²) in [5.74, 6) is -1.58. The Labute approximate surface area is 180 Å². The van der Waals surface area contributed by atoms with Crippen LogP contribution in [0.25, 0.3) is 0 Å². The van der Waals surface area contributed by atoms with E-state index in [4.69, 9.17) is 8.92 Å². The first-order valence-electron chi connectivity index (χ1n) is 9.45. The highest BCUT2D eigenvalue weighted by atomic mass is 32.2. The van der Waals surface area contributed by atoms with Crippen LogP contribution in [0.15, 0.2) is 47.4 Å². The molecule has 2 N–H and O–H groups in total. The molecule has 31 heavy (non-hydrogen) atoms. The Morgan fingerprint density at radius 3 is 2.29 bits per heavy atom. The first-order valence-corrected chi connectivity index (χ1v) is 10.9. The molecule has 0 aromatic heterocycles. The van der Waals surface area contributed by atoms with E-state index in [1.54, 1.807) is 32.9 Å². The number of carbonyl (C=O) groups excluding carboxylic acids is 3. The van der Waals surface area contributed by atoms with E-state index in [2.05, 4.69) is 5.32 Å². The predicted molar refractivity (Wildman–Crippen MR) is 112 cm³/mol. The maximum absolute atomic E-state index is 12.6. The third kappa shape index (κ3) is 6.54. The number of amides is 3. The van der Waals surface area contributed by atoms with Gasteiger partial charge in [0.05, 0.1) is 5.56 Å². The summed E-state index contributed by atoms with van der Waals surface area (Å²) < 4.78 is 35.3. The van der Waals surface area contributed by atoms with Gasteiger partial charge in [-0.1, -0.05) is 12.1 Å². The number of hydrogen-bond donors (Lipinski definition) is 2. The fourth-order valence-corrected chi connectivity index (χ4v) is 3.74. The van der Waals surface area contributed by atoms with Crippen molar-refractivity contribution in [1.29, 1.82) is 0 Å². The van der Waals surface area contributed by atoms with E-state index in [9.17, 15) is 22.8 Å². The minimum Gasteiger partial charge on any atom is -0.449 e. The fourth-order valence-electron chi connectivity index (χ4n) is 2.50. The van der Waals surface area contributed by atoms with Crippen molar-refractivity contribution in [2.75, 3.05) is 6.54 Å². The Morgan fingerprint density at radius 1 is 1.03 bits per heavy atom. The monoisotopic (exact) mass is 448 g/mol. The van der Waals surface area contributed by atoms with Crippen LogP contribution in [-0.2, 0) is 19.6 Å². The predicted octanol–water partition coefficient (Wildman–Crippen LogP) is 2.46. The van der Waals surface area contributed by atoms with Crippen LogP contribution in [-0.4, -0.2) is 39.0 Å². The molecule has 0 saturated heterocycles. The molecule has 166 valence electrons. The molecule has 0 fully saturated rings. The average Bonchev–Trinajstić information content (AvgIpc) is 2.70.